The predicted molar refractivity (Wildman–Crippen MR) is 72.0 cm³/mol. The lowest BCUT2D eigenvalue weighted by atomic mass is 9.90. The van der Waals surface area contributed by atoms with Gasteiger partial charge in [0, 0.05) is 38.8 Å². The third-order valence-corrected chi connectivity index (χ3v) is 4.13. The Hall–Kier alpha value is -0.910. The van der Waals surface area contributed by atoms with Gasteiger partial charge in [-0.2, -0.15) is 5.10 Å². The van der Waals surface area contributed by atoms with E-state index >= 15 is 0 Å². The van der Waals surface area contributed by atoms with Crippen molar-refractivity contribution in [3.05, 3.63) is 18.0 Å². The Morgan fingerprint density at radius 3 is 3.26 bits per heavy atom. The summed E-state index contributed by atoms with van der Waals surface area (Å²) in [5.74, 6) is 0. The topological polar surface area (TPSA) is 48.3 Å². The molecule has 5 heteroatoms. The number of ether oxygens (including phenoxy) is 2. The number of hydrogen-bond acceptors (Lipinski definition) is 4. The predicted octanol–water partition coefficient (Wildman–Crippen LogP) is 1.50. The zero-order valence-electron chi connectivity index (χ0n) is 11.6. The molecule has 3 heterocycles. The molecule has 0 saturated carbocycles. The van der Waals surface area contributed by atoms with Gasteiger partial charge in [0.25, 0.3) is 0 Å². The summed E-state index contributed by atoms with van der Waals surface area (Å²) in [6, 6.07) is 2.56. The van der Waals surface area contributed by atoms with E-state index in [1.807, 2.05) is 0 Å². The molecule has 1 aromatic heterocycles. The van der Waals surface area contributed by atoms with E-state index in [0.29, 0.717) is 6.04 Å². The summed E-state index contributed by atoms with van der Waals surface area (Å²) >= 11 is 0. The van der Waals surface area contributed by atoms with Gasteiger partial charge in [-0.05, 0) is 19.0 Å². The minimum absolute atomic E-state index is 0.0449. The Kier molecular flexibility index (Phi) is 3.86. The van der Waals surface area contributed by atoms with Crippen molar-refractivity contribution >= 4 is 0 Å². The van der Waals surface area contributed by atoms with Crippen molar-refractivity contribution in [1.29, 1.82) is 0 Å². The van der Waals surface area contributed by atoms with E-state index in [0.717, 1.165) is 57.9 Å². The van der Waals surface area contributed by atoms with Crippen LogP contribution in [0.25, 0.3) is 0 Å². The fraction of sp³-hybridized carbons (Fsp3) is 0.786. The molecule has 0 aromatic carbocycles. The minimum atomic E-state index is -0.0449. The SMILES string of the molecule is CCNCc1ccn(C2CCOC3(CCOC3)C2)n1. The van der Waals surface area contributed by atoms with E-state index in [1.165, 1.54) is 0 Å². The van der Waals surface area contributed by atoms with Crippen LogP contribution in [0.2, 0.25) is 0 Å². The molecule has 2 aliphatic heterocycles. The highest BCUT2D eigenvalue weighted by Gasteiger charge is 2.41. The van der Waals surface area contributed by atoms with Gasteiger partial charge in [-0.15, -0.1) is 0 Å². The van der Waals surface area contributed by atoms with Gasteiger partial charge in [-0.1, -0.05) is 6.92 Å². The summed E-state index contributed by atoms with van der Waals surface area (Å²) < 4.78 is 13.6. The Balaban J connectivity index is 1.66. The molecule has 5 nitrogen and oxygen atoms in total. The second-order valence-corrected chi connectivity index (χ2v) is 5.55. The molecule has 106 valence electrons. The number of nitrogens with zero attached hydrogens (tertiary/aromatic N) is 2. The van der Waals surface area contributed by atoms with Crippen LogP contribution in [-0.4, -0.2) is 41.7 Å². The minimum Gasteiger partial charge on any atom is -0.378 e. The Labute approximate surface area is 114 Å². The Bertz CT molecular complexity index is 413. The van der Waals surface area contributed by atoms with Crippen molar-refractivity contribution in [3.8, 4) is 0 Å². The molecule has 2 aliphatic rings. The van der Waals surface area contributed by atoms with Crippen LogP contribution < -0.4 is 5.32 Å². The van der Waals surface area contributed by atoms with E-state index in [4.69, 9.17) is 9.47 Å². The zero-order valence-corrected chi connectivity index (χ0v) is 11.6. The third-order valence-electron chi connectivity index (χ3n) is 4.13. The van der Waals surface area contributed by atoms with Crippen LogP contribution in [0.15, 0.2) is 12.3 Å². The van der Waals surface area contributed by atoms with Gasteiger partial charge in [0.05, 0.1) is 23.9 Å². The van der Waals surface area contributed by atoms with Gasteiger partial charge in [-0.25, -0.2) is 0 Å². The second kappa shape index (κ2) is 5.61. The number of hydrogen-bond donors (Lipinski definition) is 1. The van der Waals surface area contributed by atoms with Crippen molar-refractivity contribution in [2.75, 3.05) is 26.4 Å². The van der Waals surface area contributed by atoms with Crippen LogP contribution in [0.5, 0.6) is 0 Å². The van der Waals surface area contributed by atoms with E-state index in [2.05, 4.69) is 34.3 Å². The second-order valence-electron chi connectivity index (χ2n) is 5.55. The molecule has 1 spiro atoms. The lowest BCUT2D eigenvalue weighted by molar-refractivity contribution is -0.0962. The van der Waals surface area contributed by atoms with E-state index < -0.39 is 0 Å². The summed E-state index contributed by atoms with van der Waals surface area (Å²) in [5.41, 5.74) is 1.07. The molecular weight excluding hydrogens is 242 g/mol. The van der Waals surface area contributed by atoms with Gasteiger partial charge in [-0.3, -0.25) is 4.68 Å². The highest BCUT2D eigenvalue weighted by atomic mass is 16.6. The quantitative estimate of drug-likeness (QED) is 0.896. The van der Waals surface area contributed by atoms with Gasteiger partial charge >= 0.3 is 0 Å². The molecule has 0 amide bonds. The van der Waals surface area contributed by atoms with Crippen LogP contribution in [0, 0.1) is 0 Å². The van der Waals surface area contributed by atoms with Crippen LogP contribution in [-0.2, 0) is 16.0 Å². The van der Waals surface area contributed by atoms with E-state index in [-0.39, 0.29) is 5.60 Å². The highest BCUT2D eigenvalue weighted by molar-refractivity contribution is 5.01. The monoisotopic (exact) mass is 265 g/mol. The summed E-state index contributed by atoms with van der Waals surface area (Å²) in [5, 5.41) is 7.99. The number of nitrogens with one attached hydrogen (secondary N) is 1. The maximum Gasteiger partial charge on any atom is 0.0957 e. The summed E-state index contributed by atoms with van der Waals surface area (Å²) in [6.07, 6.45) is 5.20. The summed E-state index contributed by atoms with van der Waals surface area (Å²) in [6.45, 7) is 6.33. The molecule has 1 N–H and O–H groups in total. The van der Waals surface area contributed by atoms with Crippen molar-refractivity contribution in [2.24, 2.45) is 0 Å². The first-order valence-corrected chi connectivity index (χ1v) is 7.28. The fourth-order valence-electron chi connectivity index (χ4n) is 3.02. The van der Waals surface area contributed by atoms with Crippen molar-refractivity contribution < 1.29 is 9.47 Å². The van der Waals surface area contributed by atoms with Crippen LogP contribution in [0.4, 0.5) is 0 Å². The molecule has 19 heavy (non-hydrogen) atoms. The van der Waals surface area contributed by atoms with Crippen LogP contribution >= 0.6 is 0 Å². The maximum atomic E-state index is 5.97. The van der Waals surface area contributed by atoms with Gasteiger partial charge in [0.2, 0.25) is 0 Å². The normalized spacial score (nSPS) is 31.1. The fourth-order valence-corrected chi connectivity index (χ4v) is 3.02. The smallest absolute Gasteiger partial charge is 0.0957 e. The average molecular weight is 265 g/mol. The molecule has 1 aromatic rings. The van der Waals surface area contributed by atoms with E-state index in [1.54, 1.807) is 0 Å². The molecule has 0 bridgehead atoms. The lowest BCUT2D eigenvalue weighted by Gasteiger charge is -2.37. The maximum absolute atomic E-state index is 5.97. The van der Waals surface area contributed by atoms with Crippen LogP contribution in [0.1, 0.15) is 37.9 Å². The summed E-state index contributed by atoms with van der Waals surface area (Å²) in [4.78, 5) is 0. The highest BCUT2D eigenvalue weighted by Crippen LogP contribution is 2.37. The first kappa shape index (κ1) is 13.1. The molecule has 0 aliphatic carbocycles. The molecule has 2 unspecified atom stereocenters. The molecular formula is C14H23N3O2. The average Bonchev–Trinajstić information content (AvgIpc) is 3.06. The molecule has 3 rings (SSSR count). The summed E-state index contributed by atoms with van der Waals surface area (Å²) in [7, 11) is 0. The molecule has 2 atom stereocenters. The number of aromatic nitrogens is 2. The molecule has 2 saturated heterocycles. The molecule has 2 fully saturated rings. The lowest BCUT2D eigenvalue weighted by Crippen LogP contribution is -2.41. The van der Waals surface area contributed by atoms with Gasteiger partial charge in [0.1, 0.15) is 0 Å². The Morgan fingerprint density at radius 2 is 2.47 bits per heavy atom. The third kappa shape index (κ3) is 2.83. The van der Waals surface area contributed by atoms with Crippen molar-refractivity contribution in [2.45, 2.75) is 44.4 Å². The first-order valence-electron chi connectivity index (χ1n) is 7.28. The van der Waals surface area contributed by atoms with E-state index in [9.17, 15) is 0 Å². The zero-order chi connectivity index (χ0) is 13.1. The largest absolute Gasteiger partial charge is 0.378 e. The van der Waals surface area contributed by atoms with Gasteiger partial charge < -0.3 is 14.8 Å². The standard InChI is InChI=1S/C14H23N3O2/c1-2-15-10-12-3-6-17(16-12)13-4-7-19-14(9-13)5-8-18-11-14/h3,6,13,15H,2,4-5,7-11H2,1H3. The van der Waals surface area contributed by atoms with Crippen molar-refractivity contribution in [3.63, 3.8) is 0 Å². The van der Waals surface area contributed by atoms with Crippen molar-refractivity contribution in [1.82, 2.24) is 15.1 Å². The number of rotatable bonds is 4. The molecule has 0 radical (unpaired) electrons. The van der Waals surface area contributed by atoms with Gasteiger partial charge in [0.15, 0.2) is 0 Å². The first-order chi connectivity index (χ1) is 9.31. The Morgan fingerprint density at radius 1 is 1.53 bits per heavy atom. The van der Waals surface area contributed by atoms with Crippen LogP contribution in [0.3, 0.4) is 0 Å².